The molecule has 1 aromatic carbocycles. The van der Waals surface area contributed by atoms with Gasteiger partial charge in [0.05, 0.1) is 5.56 Å². The summed E-state index contributed by atoms with van der Waals surface area (Å²) in [5, 5.41) is 8.80. The Morgan fingerprint density at radius 3 is 2.00 bits per heavy atom. The topological polar surface area (TPSA) is 63.6 Å². The van der Waals surface area contributed by atoms with Gasteiger partial charge in [-0.3, -0.25) is 4.79 Å². The smallest absolute Gasteiger partial charge is 0.335 e. The van der Waals surface area contributed by atoms with Crippen LogP contribution >= 0.6 is 0 Å². The van der Waals surface area contributed by atoms with Crippen molar-refractivity contribution in [1.82, 2.24) is 0 Å². The van der Waals surface area contributed by atoms with Gasteiger partial charge in [-0.1, -0.05) is 0 Å². The zero-order chi connectivity index (χ0) is 11.6. The van der Waals surface area contributed by atoms with Gasteiger partial charge in [-0.05, 0) is 37.1 Å². The van der Waals surface area contributed by atoms with Crippen LogP contribution in [-0.2, 0) is 4.79 Å². The first-order chi connectivity index (χ1) is 6.91. The van der Waals surface area contributed by atoms with Crippen LogP contribution in [0.2, 0.25) is 0 Å². The average Bonchev–Trinajstić information content (AvgIpc) is 2.10. The molecule has 0 atom stereocenters. The normalized spacial score (nSPS) is 9.80. The predicted molar refractivity (Wildman–Crippen MR) is 54.2 cm³/mol. The highest BCUT2D eigenvalue weighted by atomic mass is 16.5. The predicted octanol–water partition coefficient (Wildman–Crippen LogP) is 1.93. The molecular weight excluding hydrogens is 196 g/mol. The molecule has 0 aliphatic carbocycles. The van der Waals surface area contributed by atoms with E-state index >= 15 is 0 Å². The lowest BCUT2D eigenvalue weighted by atomic mass is 10.1. The van der Waals surface area contributed by atoms with E-state index in [9.17, 15) is 9.59 Å². The van der Waals surface area contributed by atoms with Gasteiger partial charge in [-0.25, -0.2) is 4.79 Å². The Balaban J connectivity index is 3.21. The molecule has 0 aromatic heterocycles. The zero-order valence-corrected chi connectivity index (χ0v) is 8.83. The number of carbonyl (C=O) groups excluding carboxylic acids is 1. The molecule has 1 N–H and O–H groups in total. The minimum atomic E-state index is -0.990. The van der Waals surface area contributed by atoms with Gasteiger partial charge < -0.3 is 9.84 Å². The summed E-state index contributed by atoms with van der Waals surface area (Å²) in [6, 6.07) is 2.96. The maximum Gasteiger partial charge on any atom is 0.335 e. The van der Waals surface area contributed by atoms with Crippen LogP contribution in [0.25, 0.3) is 0 Å². The van der Waals surface area contributed by atoms with Crippen LogP contribution in [0.3, 0.4) is 0 Å². The van der Waals surface area contributed by atoms with Gasteiger partial charge in [0.2, 0.25) is 0 Å². The second-order valence-electron chi connectivity index (χ2n) is 3.34. The fraction of sp³-hybridized carbons (Fsp3) is 0.273. The highest BCUT2D eigenvalue weighted by Gasteiger charge is 2.11. The van der Waals surface area contributed by atoms with Crippen LogP contribution in [0.4, 0.5) is 0 Å². The number of rotatable bonds is 2. The van der Waals surface area contributed by atoms with Crippen LogP contribution in [0, 0.1) is 13.8 Å². The molecule has 0 bridgehead atoms. The van der Waals surface area contributed by atoms with Gasteiger partial charge in [-0.2, -0.15) is 0 Å². The standard InChI is InChI=1S/C11H12O4/c1-6-4-9(11(13)14)5-7(2)10(6)15-8(3)12/h4-5H,1-3H3,(H,13,14). The van der Waals surface area contributed by atoms with Gasteiger partial charge in [0.25, 0.3) is 0 Å². The van der Waals surface area contributed by atoms with E-state index in [1.807, 2.05) is 0 Å². The molecule has 80 valence electrons. The number of aromatic carboxylic acids is 1. The summed E-state index contributed by atoms with van der Waals surface area (Å²) < 4.78 is 4.98. The van der Waals surface area contributed by atoms with Crippen molar-refractivity contribution in [1.29, 1.82) is 0 Å². The lowest BCUT2D eigenvalue weighted by Crippen LogP contribution is -2.06. The Morgan fingerprint density at radius 2 is 1.67 bits per heavy atom. The Bertz CT molecular complexity index is 398. The number of carboxylic acids is 1. The molecule has 0 saturated carbocycles. The third-order valence-electron chi connectivity index (χ3n) is 1.95. The molecule has 4 nitrogen and oxygen atoms in total. The SMILES string of the molecule is CC(=O)Oc1c(C)cc(C(=O)O)cc1C. The van der Waals surface area contributed by atoms with Crippen molar-refractivity contribution < 1.29 is 19.4 Å². The quantitative estimate of drug-likeness (QED) is 0.595. The molecule has 0 aliphatic rings. The van der Waals surface area contributed by atoms with Crippen LogP contribution in [-0.4, -0.2) is 17.0 Å². The van der Waals surface area contributed by atoms with Crippen molar-refractivity contribution in [3.63, 3.8) is 0 Å². The Morgan fingerprint density at radius 1 is 1.20 bits per heavy atom. The van der Waals surface area contributed by atoms with E-state index in [1.165, 1.54) is 19.1 Å². The number of hydrogen-bond acceptors (Lipinski definition) is 3. The minimum absolute atomic E-state index is 0.195. The lowest BCUT2D eigenvalue weighted by Gasteiger charge is -2.09. The molecular formula is C11H12O4. The number of carboxylic acid groups (broad SMARTS) is 1. The lowest BCUT2D eigenvalue weighted by molar-refractivity contribution is -0.131. The third kappa shape index (κ3) is 2.56. The summed E-state index contributed by atoms with van der Waals surface area (Å²) in [5.41, 5.74) is 1.48. The summed E-state index contributed by atoms with van der Waals surface area (Å²) in [5.74, 6) is -0.965. The molecule has 0 spiro atoms. The molecule has 1 rings (SSSR count). The zero-order valence-electron chi connectivity index (χ0n) is 8.83. The number of ether oxygens (including phenoxy) is 1. The Kier molecular flexibility index (Phi) is 3.09. The number of aryl methyl sites for hydroxylation is 2. The maximum atomic E-state index is 10.8. The summed E-state index contributed by atoms with van der Waals surface area (Å²) in [6.45, 7) is 4.72. The van der Waals surface area contributed by atoms with Crippen molar-refractivity contribution in [3.8, 4) is 5.75 Å². The van der Waals surface area contributed by atoms with E-state index in [0.717, 1.165) is 0 Å². The van der Waals surface area contributed by atoms with Crippen molar-refractivity contribution >= 4 is 11.9 Å². The largest absolute Gasteiger partial charge is 0.478 e. The average molecular weight is 208 g/mol. The monoisotopic (exact) mass is 208 g/mol. The molecule has 15 heavy (non-hydrogen) atoms. The number of hydrogen-bond donors (Lipinski definition) is 1. The highest BCUT2D eigenvalue weighted by molar-refractivity contribution is 5.88. The van der Waals surface area contributed by atoms with Crippen LogP contribution in [0.15, 0.2) is 12.1 Å². The van der Waals surface area contributed by atoms with E-state index in [4.69, 9.17) is 9.84 Å². The van der Waals surface area contributed by atoms with Crippen molar-refractivity contribution in [3.05, 3.63) is 28.8 Å². The van der Waals surface area contributed by atoms with Crippen molar-refractivity contribution in [2.45, 2.75) is 20.8 Å². The van der Waals surface area contributed by atoms with Crippen molar-refractivity contribution in [2.24, 2.45) is 0 Å². The van der Waals surface area contributed by atoms with E-state index in [1.54, 1.807) is 13.8 Å². The maximum absolute atomic E-state index is 10.8. The van der Waals surface area contributed by atoms with Crippen LogP contribution < -0.4 is 4.74 Å². The number of benzene rings is 1. The first kappa shape index (κ1) is 11.2. The summed E-state index contributed by atoms with van der Waals surface area (Å²) in [6.07, 6.45) is 0. The van der Waals surface area contributed by atoms with Gasteiger partial charge in [-0.15, -0.1) is 0 Å². The molecule has 0 amide bonds. The molecule has 0 heterocycles. The highest BCUT2D eigenvalue weighted by Crippen LogP contribution is 2.24. The van der Waals surface area contributed by atoms with Gasteiger partial charge in [0.15, 0.2) is 0 Å². The molecule has 0 aliphatic heterocycles. The molecule has 4 heteroatoms. The van der Waals surface area contributed by atoms with Crippen LogP contribution in [0.1, 0.15) is 28.4 Å². The van der Waals surface area contributed by atoms with E-state index in [-0.39, 0.29) is 5.56 Å². The minimum Gasteiger partial charge on any atom is -0.478 e. The molecule has 0 fully saturated rings. The fourth-order valence-electron chi connectivity index (χ4n) is 1.38. The van der Waals surface area contributed by atoms with Crippen LogP contribution in [0.5, 0.6) is 5.75 Å². The molecule has 1 aromatic rings. The van der Waals surface area contributed by atoms with E-state index in [2.05, 4.69) is 0 Å². The van der Waals surface area contributed by atoms with Gasteiger partial charge in [0, 0.05) is 6.92 Å². The second-order valence-corrected chi connectivity index (χ2v) is 3.34. The molecule has 0 radical (unpaired) electrons. The molecule has 0 unspecified atom stereocenters. The Hall–Kier alpha value is -1.84. The Labute approximate surface area is 87.5 Å². The third-order valence-corrected chi connectivity index (χ3v) is 1.95. The first-order valence-electron chi connectivity index (χ1n) is 4.44. The fourth-order valence-corrected chi connectivity index (χ4v) is 1.38. The van der Waals surface area contributed by atoms with Gasteiger partial charge in [0.1, 0.15) is 5.75 Å². The van der Waals surface area contributed by atoms with Crippen molar-refractivity contribution in [2.75, 3.05) is 0 Å². The summed E-state index contributed by atoms with van der Waals surface area (Å²) >= 11 is 0. The number of carbonyl (C=O) groups is 2. The van der Waals surface area contributed by atoms with E-state index < -0.39 is 11.9 Å². The first-order valence-corrected chi connectivity index (χ1v) is 4.44. The second kappa shape index (κ2) is 4.13. The van der Waals surface area contributed by atoms with Gasteiger partial charge >= 0.3 is 11.9 Å². The summed E-state index contributed by atoms with van der Waals surface area (Å²) in [4.78, 5) is 21.5. The summed E-state index contributed by atoms with van der Waals surface area (Å²) in [7, 11) is 0. The molecule has 0 saturated heterocycles. The van der Waals surface area contributed by atoms with E-state index in [0.29, 0.717) is 16.9 Å². The number of esters is 1.